The van der Waals surface area contributed by atoms with Gasteiger partial charge in [0.25, 0.3) is 11.8 Å². The molecule has 0 saturated carbocycles. The SMILES string of the molecule is [NH3+]C[C@H]1OC(Cc2cc3c(c4c2[nH]c2ccc(O)cc24)C(=O)NC3=O)[C@H](O)[C@@H]1O. The maximum atomic E-state index is 12.4. The quantitative estimate of drug-likeness (QED) is 0.316. The molecule has 29 heavy (non-hydrogen) atoms. The van der Waals surface area contributed by atoms with Crippen molar-refractivity contribution in [3.8, 4) is 5.75 Å². The van der Waals surface area contributed by atoms with Crippen molar-refractivity contribution in [3.05, 3.63) is 41.0 Å². The van der Waals surface area contributed by atoms with Gasteiger partial charge in [-0.05, 0) is 29.8 Å². The summed E-state index contributed by atoms with van der Waals surface area (Å²) < 4.78 is 5.76. The van der Waals surface area contributed by atoms with E-state index < -0.39 is 36.2 Å². The number of aliphatic hydroxyl groups is 2. The molecule has 4 atom stereocenters. The van der Waals surface area contributed by atoms with Crippen LogP contribution in [0.4, 0.5) is 0 Å². The van der Waals surface area contributed by atoms with E-state index >= 15 is 0 Å². The van der Waals surface area contributed by atoms with Crippen LogP contribution < -0.4 is 11.1 Å². The lowest BCUT2D eigenvalue weighted by atomic mass is 9.94. The number of phenolic OH excluding ortho intramolecular Hbond substituents is 1. The van der Waals surface area contributed by atoms with Gasteiger partial charge >= 0.3 is 0 Å². The number of aromatic amines is 1. The summed E-state index contributed by atoms with van der Waals surface area (Å²) in [5, 5.41) is 33.9. The summed E-state index contributed by atoms with van der Waals surface area (Å²) in [5.41, 5.74) is 6.21. The van der Waals surface area contributed by atoms with E-state index in [0.717, 1.165) is 0 Å². The second-order valence-corrected chi connectivity index (χ2v) is 7.53. The Bertz CT molecular complexity index is 1190. The zero-order valence-corrected chi connectivity index (χ0v) is 15.3. The lowest BCUT2D eigenvalue weighted by Gasteiger charge is -2.16. The molecular formula is C20H20N3O6+. The number of aliphatic hydroxyl groups excluding tert-OH is 2. The van der Waals surface area contributed by atoms with E-state index in [1.165, 1.54) is 12.1 Å². The van der Waals surface area contributed by atoms with Crippen LogP contribution in [0.3, 0.4) is 0 Å². The zero-order valence-electron chi connectivity index (χ0n) is 15.3. The van der Waals surface area contributed by atoms with Crippen molar-refractivity contribution in [1.82, 2.24) is 10.3 Å². The van der Waals surface area contributed by atoms with Gasteiger partial charge in [0.1, 0.15) is 30.6 Å². The lowest BCUT2D eigenvalue weighted by molar-refractivity contribution is -0.388. The van der Waals surface area contributed by atoms with Crippen molar-refractivity contribution < 1.29 is 35.4 Å². The molecule has 2 aromatic carbocycles. The first-order valence-electron chi connectivity index (χ1n) is 9.36. The fourth-order valence-electron chi connectivity index (χ4n) is 4.39. The molecule has 3 heterocycles. The predicted molar refractivity (Wildman–Crippen MR) is 101 cm³/mol. The first-order chi connectivity index (χ1) is 13.9. The maximum Gasteiger partial charge on any atom is 0.259 e. The van der Waals surface area contributed by atoms with Crippen LogP contribution in [-0.4, -0.2) is 63.1 Å². The normalized spacial score (nSPS) is 26.4. The highest BCUT2D eigenvalue weighted by atomic mass is 16.5. The second kappa shape index (κ2) is 6.26. The third kappa shape index (κ3) is 2.56. The van der Waals surface area contributed by atoms with Gasteiger partial charge in [-0.3, -0.25) is 14.9 Å². The Labute approximate surface area is 164 Å². The van der Waals surface area contributed by atoms with Crippen molar-refractivity contribution >= 4 is 33.6 Å². The first-order valence-corrected chi connectivity index (χ1v) is 9.36. The summed E-state index contributed by atoms with van der Waals surface area (Å²) in [6.07, 6.45) is -3.15. The van der Waals surface area contributed by atoms with Gasteiger partial charge in [-0.1, -0.05) is 0 Å². The molecule has 1 saturated heterocycles. The lowest BCUT2D eigenvalue weighted by Crippen LogP contribution is -2.58. The number of nitrogens with one attached hydrogen (secondary N) is 2. The van der Waals surface area contributed by atoms with Crippen LogP contribution in [0, 0.1) is 0 Å². The molecular weight excluding hydrogens is 378 g/mol. The van der Waals surface area contributed by atoms with Gasteiger partial charge in [0.15, 0.2) is 0 Å². The molecule has 5 rings (SSSR count). The molecule has 8 N–H and O–H groups in total. The Morgan fingerprint density at radius 1 is 1.07 bits per heavy atom. The molecule has 150 valence electrons. The van der Waals surface area contributed by atoms with Gasteiger partial charge in [0.05, 0.1) is 22.7 Å². The number of aromatic nitrogens is 1. The standard InChI is InChI=1S/C20H19N3O6/c21-6-13-18(26)17(25)12(29-13)4-7-3-10-15(20(28)23-19(10)27)14-9-5-8(24)1-2-11(9)22-16(7)14/h1-3,5,12-13,17-18,22,24-26H,4,6,21H2,(H,23,27,28)/p+1/t12?,13-,17+,18-/m1/s1. The highest BCUT2D eigenvalue weighted by Gasteiger charge is 2.43. The van der Waals surface area contributed by atoms with Crippen molar-refractivity contribution in [3.63, 3.8) is 0 Å². The van der Waals surface area contributed by atoms with Crippen LogP contribution in [0.2, 0.25) is 0 Å². The number of H-pyrrole nitrogens is 1. The van der Waals surface area contributed by atoms with E-state index in [9.17, 15) is 24.9 Å². The number of rotatable bonds is 3. The molecule has 0 aliphatic carbocycles. The summed E-state index contributed by atoms with van der Waals surface area (Å²) in [5.74, 6) is -0.944. The molecule has 2 aliphatic rings. The summed E-state index contributed by atoms with van der Waals surface area (Å²) in [4.78, 5) is 28.0. The van der Waals surface area contributed by atoms with E-state index in [1.54, 1.807) is 12.1 Å². The van der Waals surface area contributed by atoms with E-state index in [4.69, 9.17) is 4.74 Å². The minimum atomic E-state index is -1.09. The van der Waals surface area contributed by atoms with Crippen molar-refractivity contribution in [1.29, 1.82) is 0 Å². The average Bonchev–Trinajstić information content (AvgIpc) is 3.29. The van der Waals surface area contributed by atoms with E-state index in [2.05, 4.69) is 16.0 Å². The average molecular weight is 398 g/mol. The van der Waals surface area contributed by atoms with Crippen LogP contribution in [0.5, 0.6) is 5.75 Å². The van der Waals surface area contributed by atoms with Crippen LogP contribution in [0.25, 0.3) is 21.8 Å². The first kappa shape index (κ1) is 18.1. The Morgan fingerprint density at radius 2 is 1.83 bits per heavy atom. The smallest absolute Gasteiger partial charge is 0.259 e. The van der Waals surface area contributed by atoms with Crippen LogP contribution in [0.15, 0.2) is 24.3 Å². The van der Waals surface area contributed by atoms with Crippen molar-refractivity contribution in [2.75, 3.05) is 6.54 Å². The number of ether oxygens (including phenoxy) is 1. The number of hydrogen-bond acceptors (Lipinski definition) is 6. The Hall–Kier alpha value is -2.98. The number of hydrogen-bond donors (Lipinski definition) is 6. The fraction of sp³-hybridized carbons (Fsp3) is 0.300. The molecule has 0 radical (unpaired) electrons. The molecule has 1 aromatic heterocycles. The molecule has 0 bridgehead atoms. The molecule has 2 amide bonds. The maximum absolute atomic E-state index is 12.4. The molecule has 1 unspecified atom stereocenters. The van der Waals surface area contributed by atoms with E-state index in [1.807, 2.05) is 0 Å². The van der Waals surface area contributed by atoms with Gasteiger partial charge in [-0.25, -0.2) is 0 Å². The minimum absolute atomic E-state index is 0.0400. The third-order valence-corrected chi connectivity index (χ3v) is 5.81. The molecule has 9 nitrogen and oxygen atoms in total. The fourth-order valence-corrected chi connectivity index (χ4v) is 4.39. The zero-order chi connectivity index (χ0) is 20.4. The van der Waals surface area contributed by atoms with Gasteiger partial charge in [-0.2, -0.15) is 0 Å². The van der Waals surface area contributed by atoms with Crippen LogP contribution in [0.1, 0.15) is 26.3 Å². The molecule has 9 heteroatoms. The number of carbonyl (C=O) groups excluding carboxylic acids is 2. The van der Waals surface area contributed by atoms with E-state index in [0.29, 0.717) is 33.9 Å². The highest BCUT2D eigenvalue weighted by molar-refractivity contribution is 6.30. The van der Waals surface area contributed by atoms with Crippen molar-refractivity contribution in [2.45, 2.75) is 30.8 Å². The highest BCUT2D eigenvalue weighted by Crippen LogP contribution is 2.37. The largest absolute Gasteiger partial charge is 0.508 e. The number of fused-ring (bicyclic) bond motifs is 5. The number of carbonyl (C=O) groups is 2. The number of benzene rings is 2. The van der Waals surface area contributed by atoms with E-state index in [-0.39, 0.29) is 23.3 Å². The summed E-state index contributed by atoms with van der Waals surface area (Å²) >= 11 is 0. The molecule has 1 fully saturated rings. The molecule has 3 aromatic rings. The van der Waals surface area contributed by atoms with Gasteiger partial charge < -0.3 is 30.8 Å². The Morgan fingerprint density at radius 3 is 2.55 bits per heavy atom. The van der Waals surface area contributed by atoms with Gasteiger partial charge in [0, 0.05) is 22.7 Å². The summed E-state index contributed by atoms with van der Waals surface area (Å²) in [6, 6.07) is 6.38. The Balaban J connectivity index is 1.72. The summed E-state index contributed by atoms with van der Waals surface area (Å²) in [7, 11) is 0. The third-order valence-electron chi connectivity index (χ3n) is 5.81. The topological polar surface area (TPSA) is 160 Å². The van der Waals surface area contributed by atoms with Crippen LogP contribution in [-0.2, 0) is 11.2 Å². The Kier molecular flexibility index (Phi) is 3.90. The van der Waals surface area contributed by atoms with Gasteiger partial charge in [0.2, 0.25) is 0 Å². The van der Waals surface area contributed by atoms with Gasteiger partial charge in [-0.15, -0.1) is 0 Å². The number of amides is 2. The van der Waals surface area contributed by atoms with Crippen LogP contribution >= 0.6 is 0 Å². The number of imide groups is 1. The molecule has 0 spiro atoms. The number of quaternary nitrogens is 1. The monoisotopic (exact) mass is 398 g/mol. The number of phenols is 1. The van der Waals surface area contributed by atoms with Crippen molar-refractivity contribution in [2.24, 2.45) is 0 Å². The molecule has 2 aliphatic heterocycles. The second-order valence-electron chi connectivity index (χ2n) is 7.53. The number of aromatic hydroxyl groups is 1. The predicted octanol–water partition coefficient (Wildman–Crippen LogP) is -0.816. The summed E-state index contributed by atoms with van der Waals surface area (Å²) in [6.45, 7) is 0.316. The minimum Gasteiger partial charge on any atom is -0.508 e.